The highest BCUT2D eigenvalue weighted by Gasteiger charge is 2.48. The quantitative estimate of drug-likeness (QED) is 0.728. The van der Waals surface area contributed by atoms with Crippen molar-refractivity contribution in [2.45, 2.75) is 57.3 Å². The maximum Gasteiger partial charge on any atom is 0.163 e. The first-order valence-electron chi connectivity index (χ1n) is 9.85. The molecule has 5 nitrogen and oxygen atoms in total. The fraction of sp³-hybridized carbons (Fsp3) is 0.478. The molecule has 2 fully saturated rings. The molecule has 150 valence electrons. The summed E-state index contributed by atoms with van der Waals surface area (Å²) in [6.45, 7) is 5.86. The molecule has 2 aromatic carbocycles. The predicted molar refractivity (Wildman–Crippen MR) is 105 cm³/mol. The molecule has 0 saturated carbocycles. The first kappa shape index (κ1) is 19.6. The van der Waals surface area contributed by atoms with Crippen LogP contribution in [-0.4, -0.2) is 43.4 Å². The zero-order valence-corrected chi connectivity index (χ0v) is 16.5. The van der Waals surface area contributed by atoms with Crippen LogP contribution >= 0.6 is 0 Å². The molecule has 5 heteroatoms. The number of rotatable bonds is 7. The summed E-state index contributed by atoms with van der Waals surface area (Å²) in [5, 5.41) is 0. The molecule has 2 heterocycles. The molecule has 0 aromatic heterocycles. The van der Waals surface area contributed by atoms with Crippen molar-refractivity contribution in [3.63, 3.8) is 0 Å². The zero-order valence-electron chi connectivity index (χ0n) is 16.5. The van der Waals surface area contributed by atoms with Gasteiger partial charge in [0.15, 0.2) is 5.79 Å². The Morgan fingerprint density at radius 3 is 2.04 bits per heavy atom. The van der Waals surface area contributed by atoms with Crippen LogP contribution in [0, 0.1) is 0 Å². The van der Waals surface area contributed by atoms with Gasteiger partial charge in [-0.3, -0.25) is 0 Å². The van der Waals surface area contributed by atoms with Crippen molar-refractivity contribution in [1.29, 1.82) is 0 Å². The van der Waals surface area contributed by atoms with Crippen LogP contribution in [0.3, 0.4) is 0 Å². The summed E-state index contributed by atoms with van der Waals surface area (Å²) in [6, 6.07) is 20.3. The smallest absolute Gasteiger partial charge is 0.163 e. The molecule has 2 aliphatic heterocycles. The van der Waals surface area contributed by atoms with Gasteiger partial charge in [0, 0.05) is 0 Å². The average molecular weight is 384 g/mol. The SMILES string of the molecule is CC1(C)OC[C@H]([C@@H]2OC[C@H](OCc3ccccc3)[C@H]2OCc2ccccc2)O1. The van der Waals surface area contributed by atoms with Gasteiger partial charge in [0.2, 0.25) is 0 Å². The van der Waals surface area contributed by atoms with Gasteiger partial charge in [0.25, 0.3) is 0 Å². The second kappa shape index (κ2) is 8.72. The molecule has 0 spiro atoms. The standard InChI is InChI=1S/C23H28O5/c1-23(2)27-16-20(28-23)22-21(25-14-18-11-7-4-8-12-18)19(15-26-22)24-13-17-9-5-3-6-10-17/h3-12,19-22H,13-16H2,1-2H3/t19-,20+,21+,22-/m0/s1. The van der Waals surface area contributed by atoms with Gasteiger partial charge in [-0.15, -0.1) is 0 Å². The van der Waals surface area contributed by atoms with Gasteiger partial charge in [0.05, 0.1) is 26.4 Å². The third kappa shape index (κ3) is 4.80. The Hall–Kier alpha value is -1.76. The van der Waals surface area contributed by atoms with Crippen molar-refractivity contribution in [2.75, 3.05) is 13.2 Å². The Balaban J connectivity index is 1.43. The van der Waals surface area contributed by atoms with Crippen LogP contribution in [0.4, 0.5) is 0 Å². The third-order valence-corrected chi connectivity index (χ3v) is 5.13. The Labute approximate surface area is 166 Å². The van der Waals surface area contributed by atoms with Crippen LogP contribution < -0.4 is 0 Å². The second-order valence-corrected chi connectivity index (χ2v) is 7.76. The molecule has 2 saturated heterocycles. The highest BCUT2D eigenvalue weighted by atomic mass is 16.8. The summed E-state index contributed by atoms with van der Waals surface area (Å²) in [4.78, 5) is 0. The van der Waals surface area contributed by atoms with Crippen molar-refractivity contribution >= 4 is 0 Å². The number of benzene rings is 2. The van der Waals surface area contributed by atoms with Crippen LogP contribution in [0.5, 0.6) is 0 Å². The third-order valence-electron chi connectivity index (χ3n) is 5.13. The highest BCUT2D eigenvalue weighted by Crippen LogP contribution is 2.32. The number of ether oxygens (including phenoxy) is 5. The van der Waals surface area contributed by atoms with E-state index in [0.717, 1.165) is 11.1 Å². The lowest BCUT2D eigenvalue weighted by Crippen LogP contribution is -2.43. The topological polar surface area (TPSA) is 46.2 Å². The van der Waals surface area contributed by atoms with E-state index < -0.39 is 5.79 Å². The van der Waals surface area contributed by atoms with E-state index in [-0.39, 0.29) is 24.4 Å². The number of hydrogen-bond acceptors (Lipinski definition) is 5. The molecule has 0 aliphatic carbocycles. The van der Waals surface area contributed by atoms with E-state index in [4.69, 9.17) is 23.7 Å². The molecule has 28 heavy (non-hydrogen) atoms. The summed E-state index contributed by atoms with van der Waals surface area (Å²) in [7, 11) is 0. The molecule has 0 amide bonds. The van der Waals surface area contributed by atoms with Gasteiger partial charge in [-0.25, -0.2) is 0 Å². The lowest BCUT2D eigenvalue weighted by molar-refractivity contribution is -0.164. The van der Waals surface area contributed by atoms with E-state index >= 15 is 0 Å². The van der Waals surface area contributed by atoms with Gasteiger partial charge >= 0.3 is 0 Å². The monoisotopic (exact) mass is 384 g/mol. The highest BCUT2D eigenvalue weighted by molar-refractivity contribution is 5.14. The van der Waals surface area contributed by atoms with Gasteiger partial charge in [-0.1, -0.05) is 60.7 Å². The van der Waals surface area contributed by atoms with E-state index in [2.05, 4.69) is 24.3 Å². The summed E-state index contributed by atoms with van der Waals surface area (Å²) in [5.41, 5.74) is 2.26. The van der Waals surface area contributed by atoms with Crippen molar-refractivity contribution in [3.05, 3.63) is 71.8 Å². The minimum absolute atomic E-state index is 0.152. The van der Waals surface area contributed by atoms with Crippen LogP contribution in [0.1, 0.15) is 25.0 Å². The van der Waals surface area contributed by atoms with Crippen molar-refractivity contribution < 1.29 is 23.7 Å². The van der Waals surface area contributed by atoms with Crippen LogP contribution in [-0.2, 0) is 36.9 Å². The summed E-state index contributed by atoms with van der Waals surface area (Å²) in [5.74, 6) is -0.596. The zero-order chi connectivity index (χ0) is 19.4. The summed E-state index contributed by atoms with van der Waals surface area (Å²) < 4.78 is 30.3. The largest absolute Gasteiger partial charge is 0.370 e. The van der Waals surface area contributed by atoms with Crippen molar-refractivity contribution in [2.24, 2.45) is 0 Å². The Kier molecular flexibility index (Phi) is 6.09. The van der Waals surface area contributed by atoms with E-state index in [9.17, 15) is 0 Å². The fourth-order valence-corrected chi connectivity index (χ4v) is 3.69. The molecular weight excluding hydrogens is 356 g/mol. The minimum atomic E-state index is -0.596. The van der Waals surface area contributed by atoms with Crippen LogP contribution in [0.2, 0.25) is 0 Å². The lowest BCUT2D eigenvalue weighted by Gasteiger charge is -2.27. The summed E-state index contributed by atoms with van der Waals surface area (Å²) in [6.07, 6.45) is -0.750. The molecule has 4 atom stereocenters. The van der Waals surface area contributed by atoms with Gasteiger partial charge in [0.1, 0.15) is 24.4 Å². The van der Waals surface area contributed by atoms with E-state index in [1.165, 1.54) is 0 Å². The van der Waals surface area contributed by atoms with Crippen molar-refractivity contribution in [3.8, 4) is 0 Å². The average Bonchev–Trinajstić information content (AvgIpc) is 3.28. The Bertz CT molecular complexity index is 733. The first-order valence-corrected chi connectivity index (χ1v) is 9.85. The van der Waals surface area contributed by atoms with E-state index in [1.54, 1.807) is 0 Å². The molecule has 0 N–H and O–H groups in total. The van der Waals surface area contributed by atoms with Crippen molar-refractivity contribution in [1.82, 2.24) is 0 Å². The van der Waals surface area contributed by atoms with E-state index in [1.807, 2.05) is 50.2 Å². The van der Waals surface area contributed by atoms with Gasteiger partial charge in [-0.05, 0) is 25.0 Å². The molecule has 4 rings (SSSR count). The molecular formula is C23H28O5. The Morgan fingerprint density at radius 1 is 0.857 bits per heavy atom. The lowest BCUT2D eigenvalue weighted by atomic mass is 10.1. The normalized spacial score (nSPS) is 29.2. The Morgan fingerprint density at radius 2 is 1.46 bits per heavy atom. The number of hydrogen-bond donors (Lipinski definition) is 0. The van der Waals surface area contributed by atoms with E-state index in [0.29, 0.717) is 26.4 Å². The second-order valence-electron chi connectivity index (χ2n) is 7.76. The van der Waals surface area contributed by atoms with Crippen LogP contribution in [0.25, 0.3) is 0 Å². The molecule has 2 aromatic rings. The molecule has 0 unspecified atom stereocenters. The molecule has 2 aliphatic rings. The fourth-order valence-electron chi connectivity index (χ4n) is 3.69. The minimum Gasteiger partial charge on any atom is -0.370 e. The van der Waals surface area contributed by atoms with Gasteiger partial charge < -0.3 is 23.7 Å². The van der Waals surface area contributed by atoms with Crippen LogP contribution in [0.15, 0.2) is 60.7 Å². The molecule has 0 bridgehead atoms. The molecule has 0 radical (unpaired) electrons. The maximum atomic E-state index is 6.30. The van der Waals surface area contributed by atoms with Gasteiger partial charge in [-0.2, -0.15) is 0 Å². The maximum absolute atomic E-state index is 6.30. The predicted octanol–water partition coefficient (Wildman–Crippen LogP) is 3.71. The first-order chi connectivity index (χ1) is 13.6. The summed E-state index contributed by atoms with van der Waals surface area (Å²) >= 11 is 0.